The summed E-state index contributed by atoms with van der Waals surface area (Å²) in [7, 11) is 0. The minimum atomic E-state index is -4.40. The van der Waals surface area contributed by atoms with E-state index in [4.69, 9.17) is 11.6 Å². The lowest BCUT2D eigenvalue weighted by atomic mass is 10.1. The molecule has 0 heterocycles. The van der Waals surface area contributed by atoms with Crippen LogP contribution in [0.5, 0.6) is 0 Å². The molecule has 1 rings (SSSR count). The Hall–Kier alpha value is -1.32. The van der Waals surface area contributed by atoms with Gasteiger partial charge in [0.1, 0.15) is 0 Å². The molecule has 0 fully saturated rings. The SMILES string of the molecule is O=C=NCCc1cc(C(F)(F)F)ccc1Cl. The Labute approximate surface area is 94.7 Å². The maximum absolute atomic E-state index is 12.4. The molecular weight excluding hydrogens is 243 g/mol. The Kier molecular flexibility index (Phi) is 4.10. The number of halogens is 4. The van der Waals surface area contributed by atoms with Crippen molar-refractivity contribution >= 4 is 17.7 Å². The highest BCUT2D eigenvalue weighted by atomic mass is 35.5. The topological polar surface area (TPSA) is 29.4 Å². The van der Waals surface area contributed by atoms with Gasteiger partial charge in [0.05, 0.1) is 12.1 Å². The van der Waals surface area contributed by atoms with E-state index in [9.17, 15) is 18.0 Å². The second-order valence-corrected chi connectivity index (χ2v) is 3.43. The van der Waals surface area contributed by atoms with Crippen LogP contribution in [0.25, 0.3) is 0 Å². The Morgan fingerprint density at radius 2 is 2.06 bits per heavy atom. The number of rotatable bonds is 3. The summed E-state index contributed by atoms with van der Waals surface area (Å²) in [6.07, 6.45) is -2.91. The van der Waals surface area contributed by atoms with E-state index in [2.05, 4.69) is 4.99 Å². The van der Waals surface area contributed by atoms with Gasteiger partial charge in [-0.2, -0.15) is 13.2 Å². The van der Waals surface area contributed by atoms with Crippen molar-refractivity contribution in [3.63, 3.8) is 0 Å². The second-order valence-electron chi connectivity index (χ2n) is 3.03. The molecule has 0 aliphatic heterocycles. The summed E-state index contributed by atoms with van der Waals surface area (Å²) in [5.74, 6) is 0. The van der Waals surface area contributed by atoms with E-state index in [0.717, 1.165) is 12.1 Å². The third-order valence-electron chi connectivity index (χ3n) is 1.93. The first-order valence-electron chi connectivity index (χ1n) is 4.34. The molecule has 1 aromatic carbocycles. The van der Waals surface area contributed by atoms with Gasteiger partial charge in [-0.25, -0.2) is 9.79 Å². The van der Waals surface area contributed by atoms with Crippen LogP contribution in [-0.4, -0.2) is 12.6 Å². The van der Waals surface area contributed by atoms with Gasteiger partial charge in [-0.15, -0.1) is 0 Å². The highest BCUT2D eigenvalue weighted by molar-refractivity contribution is 6.31. The van der Waals surface area contributed by atoms with Crippen molar-refractivity contribution in [3.05, 3.63) is 34.3 Å². The molecule has 0 saturated carbocycles. The van der Waals surface area contributed by atoms with E-state index in [1.54, 1.807) is 0 Å². The molecule has 1 aromatic rings. The zero-order valence-corrected chi connectivity index (χ0v) is 8.77. The van der Waals surface area contributed by atoms with Crippen molar-refractivity contribution in [1.82, 2.24) is 0 Å². The molecule has 6 heteroatoms. The lowest BCUT2D eigenvalue weighted by molar-refractivity contribution is -0.137. The first kappa shape index (κ1) is 12.7. The number of alkyl halides is 3. The highest BCUT2D eigenvalue weighted by Gasteiger charge is 2.30. The van der Waals surface area contributed by atoms with Gasteiger partial charge in [-0.1, -0.05) is 11.6 Å². The summed E-state index contributed by atoms with van der Waals surface area (Å²) in [6.45, 7) is 0.0739. The van der Waals surface area contributed by atoms with Crippen LogP contribution < -0.4 is 0 Å². The average molecular weight is 250 g/mol. The van der Waals surface area contributed by atoms with E-state index < -0.39 is 11.7 Å². The number of carbonyl (C=O) groups excluding carboxylic acids is 1. The molecule has 0 atom stereocenters. The van der Waals surface area contributed by atoms with Crippen LogP contribution in [0, 0.1) is 0 Å². The normalized spacial score (nSPS) is 11.0. The average Bonchev–Trinajstić information content (AvgIpc) is 2.19. The lowest BCUT2D eigenvalue weighted by Crippen LogP contribution is -2.06. The van der Waals surface area contributed by atoms with Crippen LogP contribution in [0.2, 0.25) is 5.02 Å². The first-order valence-corrected chi connectivity index (χ1v) is 4.72. The minimum Gasteiger partial charge on any atom is -0.211 e. The van der Waals surface area contributed by atoms with Gasteiger partial charge in [-0.3, -0.25) is 0 Å². The summed E-state index contributed by atoms with van der Waals surface area (Å²) in [4.78, 5) is 13.1. The number of isocyanates is 1. The van der Waals surface area contributed by atoms with E-state index in [1.165, 1.54) is 12.1 Å². The third kappa shape index (κ3) is 3.36. The zero-order valence-electron chi connectivity index (χ0n) is 8.01. The fraction of sp³-hybridized carbons (Fsp3) is 0.300. The van der Waals surface area contributed by atoms with E-state index in [0.29, 0.717) is 5.56 Å². The molecule has 16 heavy (non-hydrogen) atoms. The zero-order chi connectivity index (χ0) is 12.2. The van der Waals surface area contributed by atoms with Crippen molar-refractivity contribution in [2.45, 2.75) is 12.6 Å². The molecule has 2 nitrogen and oxygen atoms in total. The maximum Gasteiger partial charge on any atom is 0.416 e. The van der Waals surface area contributed by atoms with Gasteiger partial charge >= 0.3 is 6.18 Å². The van der Waals surface area contributed by atoms with Gasteiger partial charge in [-0.05, 0) is 30.2 Å². The number of hydrogen-bond acceptors (Lipinski definition) is 2. The smallest absolute Gasteiger partial charge is 0.211 e. The molecule has 0 saturated heterocycles. The molecule has 86 valence electrons. The first-order chi connectivity index (χ1) is 7.45. The Morgan fingerprint density at radius 3 is 2.62 bits per heavy atom. The largest absolute Gasteiger partial charge is 0.416 e. The number of nitrogens with zero attached hydrogens (tertiary/aromatic N) is 1. The van der Waals surface area contributed by atoms with Crippen molar-refractivity contribution in [2.24, 2.45) is 4.99 Å². The Balaban J connectivity index is 2.95. The van der Waals surface area contributed by atoms with Crippen molar-refractivity contribution in [1.29, 1.82) is 0 Å². The maximum atomic E-state index is 12.4. The molecule has 0 aliphatic rings. The van der Waals surface area contributed by atoms with Crippen LogP contribution >= 0.6 is 11.6 Å². The second kappa shape index (κ2) is 5.14. The molecule has 0 N–H and O–H groups in total. The fourth-order valence-corrected chi connectivity index (χ4v) is 1.38. The van der Waals surface area contributed by atoms with Crippen molar-refractivity contribution in [3.8, 4) is 0 Å². The molecule has 0 unspecified atom stereocenters. The monoisotopic (exact) mass is 249 g/mol. The predicted molar refractivity (Wildman–Crippen MR) is 53.1 cm³/mol. The number of aliphatic imine (C=N–C) groups is 1. The third-order valence-corrected chi connectivity index (χ3v) is 2.30. The van der Waals surface area contributed by atoms with Crippen LogP contribution in [0.15, 0.2) is 23.2 Å². The van der Waals surface area contributed by atoms with Crippen molar-refractivity contribution in [2.75, 3.05) is 6.54 Å². The molecular formula is C10H7ClF3NO. The predicted octanol–water partition coefficient (Wildman–Crippen LogP) is 3.24. The summed E-state index contributed by atoms with van der Waals surface area (Å²) in [5, 5.41) is 0.231. The number of benzene rings is 1. The van der Waals surface area contributed by atoms with Crippen LogP contribution in [0.4, 0.5) is 13.2 Å². The van der Waals surface area contributed by atoms with Gasteiger partial charge in [0.2, 0.25) is 6.08 Å². The minimum absolute atomic E-state index is 0.0739. The summed E-state index contributed by atoms with van der Waals surface area (Å²) in [6, 6.07) is 3.06. The molecule has 0 amide bonds. The summed E-state index contributed by atoms with van der Waals surface area (Å²) >= 11 is 5.72. The van der Waals surface area contributed by atoms with E-state index >= 15 is 0 Å². The number of hydrogen-bond donors (Lipinski definition) is 0. The summed E-state index contributed by atoms with van der Waals surface area (Å²) in [5.41, 5.74) is -0.447. The standard InChI is InChI=1S/C10H7ClF3NO/c11-9-2-1-8(10(12,13)14)5-7(9)3-4-15-6-16/h1-2,5H,3-4H2. The lowest BCUT2D eigenvalue weighted by Gasteiger charge is -2.09. The van der Waals surface area contributed by atoms with Gasteiger partial charge in [0, 0.05) is 5.02 Å². The van der Waals surface area contributed by atoms with Crippen molar-refractivity contribution < 1.29 is 18.0 Å². The molecule has 0 bridgehead atoms. The fourth-order valence-electron chi connectivity index (χ4n) is 1.16. The molecule has 0 aliphatic carbocycles. The van der Waals surface area contributed by atoms with Crippen LogP contribution in [0.1, 0.15) is 11.1 Å². The van der Waals surface area contributed by atoms with E-state index in [-0.39, 0.29) is 18.0 Å². The summed E-state index contributed by atoms with van der Waals surface area (Å²) < 4.78 is 37.1. The van der Waals surface area contributed by atoms with Crippen LogP contribution in [0.3, 0.4) is 0 Å². The Morgan fingerprint density at radius 1 is 1.38 bits per heavy atom. The quantitative estimate of drug-likeness (QED) is 0.597. The highest BCUT2D eigenvalue weighted by Crippen LogP contribution is 2.31. The Bertz CT molecular complexity index is 425. The molecule has 0 aromatic heterocycles. The van der Waals surface area contributed by atoms with Gasteiger partial charge < -0.3 is 0 Å². The molecule has 0 radical (unpaired) electrons. The van der Waals surface area contributed by atoms with E-state index in [1.807, 2.05) is 0 Å². The molecule has 0 spiro atoms. The van der Waals surface area contributed by atoms with Gasteiger partial charge in [0.15, 0.2) is 0 Å². The van der Waals surface area contributed by atoms with Crippen LogP contribution in [-0.2, 0) is 17.4 Å². The van der Waals surface area contributed by atoms with Gasteiger partial charge in [0.25, 0.3) is 0 Å².